The molecule has 35 heavy (non-hydrogen) atoms. The summed E-state index contributed by atoms with van der Waals surface area (Å²) in [4.78, 5) is 12.9. The van der Waals surface area contributed by atoms with Crippen LogP contribution in [0.25, 0.3) is 21.9 Å². The Morgan fingerprint density at radius 2 is 1.77 bits per heavy atom. The molecule has 180 valence electrons. The molecule has 2 amide bonds. The van der Waals surface area contributed by atoms with Crippen molar-refractivity contribution in [3.8, 4) is 11.1 Å². The summed E-state index contributed by atoms with van der Waals surface area (Å²) < 4.78 is 32.7. The van der Waals surface area contributed by atoms with Gasteiger partial charge < -0.3 is 14.8 Å². The minimum Gasteiger partial charge on any atom is -0.451 e. The van der Waals surface area contributed by atoms with Crippen LogP contribution in [0.1, 0.15) is 37.0 Å². The summed E-state index contributed by atoms with van der Waals surface area (Å²) in [5, 5.41) is 14.6. The first-order valence-electron chi connectivity index (χ1n) is 11.4. The van der Waals surface area contributed by atoms with Gasteiger partial charge in [-0.05, 0) is 66.6 Å². The number of benzene rings is 3. The van der Waals surface area contributed by atoms with Crippen molar-refractivity contribution in [3.05, 3.63) is 83.6 Å². The lowest BCUT2D eigenvalue weighted by Crippen LogP contribution is -2.34. The van der Waals surface area contributed by atoms with Crippen LogP contribution < -0.4 is 10.0 Å². The summed E-state index contributed by atoms with van der Waals surface area (Å²) >= 11 is 0. The van der Waals surface area contributed by atoms with Crippen LogP contribution in [0.5, 0.6) is 0 Å². The second-order valence-corrected chi connectivity index (χ2v) is 10.9. The lowest BCUT2D eigenvalue weighted by molar-refractivity contribution is 0.0779. The Morgan fingerprint density at radius 3 is 2.51 bits per heavy atom. The minimum atomic E-state index is -4.28. The number of carbonyl (C=O) groups is 1. The summed E-state index contributed by atoms with van der Waals surface area (Å²) in [6, 6.07) is 18.5. The number of fused-ring (bicyclic) bond motifs is 2. The van der Waals surface area contributed by atoms with Crippen LogP contribution in [0.4, 0.5) is 10.5 Å². The lowest BCUT2D eigenvalue weighted by Gasteiger charge is -2.17. The number of aryl methyl sites for hydroxylation is 1. The molecule has 0 radical (unpaired) electrons. The van der Waals surface area contributed by atoms with Gasteiger partial charge in [-0.15, -0.1) is 0 Å². The average molecular weight is 491 g/mol. The van der Waals surface area contributed by atoms with Crippen molar-refractivity contribution in [2.75, 3.05) is 5.32 Å². The lowest BCUT2D eigenvalue weighted by atomic mass is 9.95. The van der Waals surface area contributed by atoms with Crippen LogP contribution in [0, 0.1) is 0 Å². The molecule has 0 atom stereocenters. The van der Waals surface area contributed by atoms with Gasteiger partial charge in [-0.2, -0.15) is 8.42 Å². The first-order chi connectivity index (χ1) is 16.6. The molecular weight excluding hydrogens is 464 g/mol. The van der Waals surface area contributed by atoms with Gasteiger partial charge >= 0.3 is 6.03 Å². The molecule has 3 aromatic carbocycles. The second kappa shape index (κ2) is 8.55. The Bertz CT molecular complexity index is 1550. The Hall–Kier alpha value is -3.62. The molecule has 0 saturated heterocycles. The largest absolute Gasteiger partial charge is 0.451 e. The molecule has 4 aromatic rings. The van der Waals surface area contributed by atoms with E-state index < -0.39 is 26.7 Å². The smallest absolute Gasteiger partial charge is 0.333 e. The van der Waals surface area contributed by atoms with Gasteiger partial charge in [0, 0.05) is 17.2 Å². The average Bonchev–Trinajstić information content (AvgIpc) is 3.49. The zero-order valence-electron chi connectivity index (χ0n) is 19.5. The van der Waals surface area contributed by atoms with Crippen LogP contribution >= 0.6 is 0 Å². The molecule has 5 rings (SSSR count). The van der Waals surface area contributed by atoms with Crippen LogP contribution in [-0.4, -0.2) is 19.6 Å². The molecular formula is C27H26N2O5S. The van der Waals surface area contributed by atoms with Gasteiger partial charge in [0.2, 0.25) is 5.09 Å². The van der Waals surface area contributed by atoms with Gasteiger partial charge in [0.05, 0.1) is 17.6 Å². The van der Waals surface area contributed by atoms with Crippen molar-refractivity contribution in [1.29, 1.82) is 0 Å². The number of hydrogen-bond donors (Lipinski definition) is 3. The Balaban J connectivity index is 1.47. The van der Waals surface area contributed by atoms with E-state index in [1.165, 1.54) is 19.9 Å². The molecule has 1 aliphatic carbocycles. The van der Waals surface area contributed by atoms with Crippen LogP contribution in [0.15, 0.2) is 76.4 Å². The van der Waals surface area contributed by atoms with Gasteiger partial charge in [0.25, 0.3) is 10.0 Å². The zero-order chi connectivity index (χ0) is 24.8. The highest BCUT2D eigenvalue weighted by Crippen LogP contribution is 2.38. The maximum Gasteiger partial charge on any atom is 0.333 e. The van der Waals surface area contributed by atoms with E-state index in [0.29, 0.717) is 5.69 Å². The molecule has 1 aromatic heterocycles. The van der Waals surface area contributed by atoms with E-state index in [9.17, 15) is 18.3 Å². The van der Waals surface area contributed by atoms with Crippen molar-refractivity contribution in [3.63, 3.8) is 0 Å². The van der Waals surface area contributed by atoms with E-state index in [2.05, 4.69) is 17.4 Å². The van der Waals surface area contributed by atoms with Crippen LogP contribution in [-0.2, 0) is 28.5 Å². The number of anilines is 1. The van der Waals surface area contributed by atoms with E-state index in [1.54, 1.807) is 0 Å². The van der Waals surface area contributed by atoms with Crippen molar-refractivity contribution >= 4 is 32.5 Å². The van der Waals surface area contributed by atoms with Crippen molar-refractivity contribution in [2.24, 2.45) is 0 Å². The Labute approximate surface area is 203 Å². The fourth-order valence-corrected chi connectivity index (χ4v) is 5.35. The number of carbonyl (C=O) groups excluding carboxylic acids is 1. The fraction of sp³-hybridized carbons (Fsp3) is 0.222. The molecule has 0 bridgehead atoms. The number of sulfonamides is 1. The summed E-state index contributed by atoms with van der Waals surface area (Å²) in [6.45, 7) is 3.03. The van der Waals surface area contributed by atoms with Gasteiger partial charge in [-0.3, -0.25) is 0 Å². The van der Waals surface area contributed by atoms with E-state index in [0.717, 1.165) is 58.6 Å². The first-order valence-corrected chi connectivity index (χ1v) is 12.9. The van der Waals surface area contributed by atoms with E-state index in [-0.39, 0.29) is 5.56 Å². The van der Waals surface area contributed by atoms with Crippen molar-refractivity contribution in [2.45, 2.75) is 43.8 Å². The Morgan fingerprint density at radius 1 is 1.00 bits per heavy atom. The molecule has 0 saturated carbocycles. The molecule has 0 spiro atoms. The van der Waals surface area contributed by atoms with E-state index in [4.69, 9.17) is 4.42 Å². The summed E-state index contributed by atoms with van der Waals surface area (Å²) in [5.74, 6) is 0. The highest BCUT2D eigenvalue weighted by molar-refractivity contribution is 7.89. The normalized spacial score (nSPS) is 13.6. The van der Waals surface area contributed by atoms with E-state index in [1.807, 2.05) is 47.2 Å². The fourth-order valence-electron chi connectivity index (χ4n) is 4.50. The summed E-state index contributed by atoms with van der Waals surface area (Å²) in [7, 11) is -4.28. The molecule has 1 heterocycles. The van der Waals surface area contributed by atoms with Crippen LogP contribution in [0.3, 0.4) is 0 Å². The second-order valence-electron chi connectivity index (χ2n) is 9.31. The third-order valence-corrected chi connectivity index (χ3v) is 7.55. The third-order valence-electron chi connectivity index (χ3n) is 6.36. The number of aliphatic hydroxyl groups is 1. The highest BCUT2D eigenvalue weighted by atomic mass is 32.2. The third kappa shape index (κ3) is 4.54. The number of furan rings is 1. The predicted molar refractivity (Wildman–Crippen MR) is 135 cm³/mol. The monoisotopic (exact) mass is 490 g/mol. The molecule has 7 nitrogen and oxygen atoms in total. The molecule has 0 fully saturated rings. The molecule has 8 heteroatoms. The number of amides is 2. The SMILES string of the molecule is CC(C)(O)c1coc(S(=O)(=O)NC(=O)Nc2c(-c3ccc4ccccc4c3)ccc3c2CCC3)c1. The van der Waals surface area contributed by atoms with E-state index >= 15 is 0 Å². The maximum absolute atomic E-state index is 12.9. The number of urea groups is 1. The van der Waals surface area contributed by atoms with Crippen molar-refractivity contribution in [1.82, 2.24) is 4.72 Å². The quantitative estimate of drug-likeness (QED) is 0.351. The maximum atomic E-state index is 12.9. The Kier molecular flexibility index (Phi) is 5.65. The van der Waals surface area contributed by atoms with Gasteiger partial charge in [-0.25, -0.2) is 9.52 Å². The van der Waals surface area contributed by atoms with Gasteiger partial charge in [-0.1, -0.05) is 48.5 Å². The van der Waals surface area contributed by atoms with Crippen LogP contribution in [0.2, 0.25) is 0 Å². The van der Waals surface area contributed by atoms with Gasteiger partial charge in [0.15, 0.2) is 0 Å². The molecule has 1 aliphatic rings. The first kappa shape index (κ1) is 23.1. The number of nitrogens with one attached hydrogen (secondary N) is 2. The zero-order valence-corrected chi connectivity index (χ0v) is 20.3. The molecule has 3 N–H and O–H groups in total. The summed E-state index contributed by atoms with van der Waals surface area (Å²) in [5.41, 5.74) is 3.54. The standard InChI is InChI=1S/C27H26N2O5S/c1-27(2,31)21-15-24(34-16-21)35(32,33)29-26(30)28-25-22-9-5-8-18(22)12-13-23(25)20-11-10-17-6-3-4-7-19(17)14-20/h3-4,6-7,10-16,31H,5,8-9H2,1-2H3,(H2,28,29,30). The molecule has 0 unspecified atom stereocenters. The summed E-state index contributed by atoms with van der Waals surface area (Å²) in [6.07, 6.45) is 3.84. The van der Waals surface area contributed by atoms with Gasteiger partial charge in [0.1, 0.15) is 0 Å². The molecule has 0 aliphatic heterocycles. The predicted octanol–water partition coefficient (Wildman–Crippen LogP) is 5.33. The number of rotatable bonds is 5. The number of hydrogen-bond acceptors (Lipinski definition) is 5. The highest BCUT2D eigenvalue weighted by Gasteiger charge is 2.27. The minimum absolute atomic E-state index is 0.290. The topological polar surface area (TPSA) is 109 Å². The van der Waals surface area contributed by atoms with Crippen molar-refractivity contribution < 1.29 is 22.7 Å².